The van der Waals surface area contributed by atoms with Gasteiger partial charge in [0.05, 0.1) is 10.0 Å². The Morgan fingerprint density at radius 2 is 2.00 bits per heavy atom. The zero-order chi connectivity index (χ0) is 12.4. The summed E-state index contributed by atoms with van der Waals surface area (Å²) in [6, 6.07) is 2.70. The second kappa shape index (κ2) is 4.56. The number of carbonyl (C=O) groups is 1. The average molecular weight is 274 g/mol. The lowest BCUT2D eigenvalue weighted by Crippen LogP contribution is -2.13. The number of aromatic nitrogens is 4. The molecular weight excluding hydrogens is 269 g/mol. The molecule has 1 aromatic heterocycles. The Hall–Kier alpha value is -1.86. The monoisotopic (exact) mass is 273 g/mol. The van der Waals surface area contributed by atoms with E-state index in [-0.39, 0.29) is 21.6 Å². The van der Waals surface area contributed by atoms with Crippen molar-refractivity contribution in [1.29, 1.82) is 0 Å². The van der Waals surface area contributed by atoms with Gasteiger partial charge in [-0.2, -0.15) is 5.21 Å². The summed E-state index contributed by atoms with van der Waals surface area (Å²) in [7, 11) is 0. The van der Waals surface area contributed by atoms with Crippen LogP contribution in [0.25, 0.3) is 0 Å². The number of aromatic hydroxyl groups is 1. The summed E-state index contributed by atoms with van der Waals surface area (Å²) in [6.45, 7) is 0. The number of tetrazole rings is 1. The van der Waals surface area contributed by atoms with E-state index >= 15 is 0 Å². The number of aromatic amines is 1. The first-order valence-corrected chi connectivity index (χ1v) is 5.06. The molecule has 0 saturated heterocycles. The Bertz CT molecular complexity index is 534. The molecule has 0 spiro atoms. The molecule has 0 saturated carbocycles. The number of amides is 1. The molecular formula is C8H5Cl2N5O2. The predicted octanol–water partition coefficient (Wildman–Crippen LogP) is 1.46. The average Bonchev–Trinajstić information content (AvgIpc) is 2.79. The van der Waals surface area contributed by atoms with Gasteiger partial charge >= 0.3 is 0 Å². The van der Waals surface area contributed by atoms with Crippen molar-refractivity contribution in [3.8, 4) is 5.75 Å². The third-order valence-corrected chi connectivity index (χ3v) is 2.40. The molecule has 0 aliphatic heterocycles. The van der Waals surface area contributed by atoms with E-state index in [4.69, 9.17) is 23.2 Å². The third kappa shape index (κ3) is 2.45. The van der Waals surface area contributed by atoms with Crippen LogP contribution >= 0.6 is 23.2 Å². The van der Waals surface area contributed by atoms with Gasteiger partial charge in [-0.05, 0) is 17.3 Å². The smallest absolute Gasteiger partial charge is 0.297 e. The molecule has 1 amide bonds. The van der Waals surface area contributed by atoms with Crippen LogP contribution in [0.4, 0.5) is 5.69 Å². The predicted molar refractivity (Wildman–Crippen MR) is 60.3 cm³/mol. The molecule has 0 bridgehead atoms. The maximum atomic E-state index is 11.5. The minimum Gasteiger partial charge on any atom is -0.505 e. The summed E-state index contributed by atoms with van der Waals surface area (Å²) in [4.78, 5) is 11.5. The van der Waals surface area contributed by atoms with Gasteiger partial charge in [0.25, 0.3) is 11.7 Å². The molecule has 1 heterocycles. The van der Waals surface area contributed by atoms with E-state index in [0.29, 0.717) is 5.69 Å². The quantitative estimate of drug-likeness (QED) is 0.719. The molecule has 17 heavy (non-hydrogen) atoms. The van der Waals surface area contributed by atoms with Crippen LogP contribution in [0.5, 0.6) is 5.75 Å². The van der Waals surface area contributed by atoms with Gasteiger partial charge in [0.2, 0.25) is 0 Å². The number of carbonyl (C=O) groups excluding carboxylic acids is 1. The number of rotatable bonds is 2. The van der Waals surface area contributed by atoms with Crippen molar-refractivity contribution in [3.63, 3.8) is 0 Å². The number of phenols is 1. The van der Waals surface area contributed by atoms with Crippen molar-refractivity contribution in [2.24, 2.45) is 0 Å². The van der Waals surface area contributed by atoms with E-state index < -0.39 is 5.91 Å². The van der Waals surface area contributed by atoms with Gasteiger partial charge in [0.1, 0.15) is 0 Å². The minimum absolute atomic E-state index is 0.0286. The van der Waals surface area contributed by atoms with Crippen molar-refractivity contribution in [2.45, 2.75) is 0 Å². The normalized spacial score (nSPS) is 10.2. The molecule has 88 valence electrons. The van der Waals surface area contributed by atoms with E-state index in [2.05, 4.69) is 25.9 Å². The van der Waals surface area contributed by atoms with Crippen LogP contribution in [-0.4, -0.2) is 31.6 Å². The first kappa shape index (κ1) is 11.6. The molecule has 0 atom stereocenters. The lowest BCUT2D eigenvalue weighted by atomic mass is 10.3. The number of nitrogens with one attached hydrogen (secondary N) is 2. The number of phenolic OH excluding ortho intramolecular Hbond substituents is 1. The van der Waals surface area contributed by atoms with Crippen LogP contribution in [0.15, 0.2) is 12.1 Å². The van der Waals surface area contributed by atoms with E-state index in [1.165, 1.54) is 12.1 Å². The fourth-order valence-corrected chi connectivity index (χ4v) is 1.57. The first-order valence-electron chi connectivity index (χ1n) is 4.30. The highest BCUT2D eigenvalue weighted by Crippen LogP contribution is 2.34. The Balaban J connectivity index is 2.22. The summed E-state index contributed by atoms with van der Waals surface area (Å²) in [5.41, 5.74) is 0.313. The molecule has 0 unspecified atom stereocenters. The van der Waals surface area contributed by atoms with Crippen LogP contribution in [0, 0.1) is 0 Å². The van der Waals surface area contributed by atoms with E-state index in [0.717, 1.165) is 0 Å². The van der Waals surface area contributed by atoms with Crippen LogP contribution in [0.2, 0.25) is 10.0 Å². The molecule has 1 aromatic carbocycles. The molecule has 0 aliphatic carbocycles. The number of halogens is 2. The van der Waals surface area contributed by atoms with Crippen molar-refractivity contribution >= 4 is 34.8 Å². The van der Waals surface area contributed by atoms with Crippen molar-refractivity contribution < 1.29 is 9.90 Å². The van der Waals surface area contributed by atoms with E-state index in [1.807, 2.05) is 0 Å². The van der Waals surface area contributed by atoms with Crippen molar-refractivity contribution in [3.05, 3.63) is 28.0 Å². The fraction of sp³-hybridized carbons (Fsp3) is 0. The number of nitrogens with zero attached hydrogens (tertiary/aromatic N) is 3. The van der Waals surface area contributed by atoms with Gasteiger partial charge in [-0.1, -0.05) is 23.2 Å². The van der Waals surface area contributed by atoms with Gasteiger partial charge in [-0.25, -0.2) is 0 Å². The standard InChI is InChI=1S/C8H5Cl2N5O2/c9-4-1-3(2-5(10)6(4)16)11-8(17)7-12-14-15-13-7/h1-2,16H,(H,11,17)(H,12,13,14,15). The van der Waals surface area contributed by atoms with E-state index in [1.54, 1.807) is 0 Å². The van der Waals surface area contributed by atoms with Crippen LogP contribution in [0.3, 0.4) is 0 Å². The van der Waals surface area contributed by atoms with Gasteiger partial charge < -0.3 is 10.4 Å². The number of hydrogen-bond donors (Lipinski definition) is 3. The lowest BCUT2D eigenvalue weighted by Gasteiger charge is -2.05. The third-order valence-electron chi connectivity index (χ3n) is 1.82. The van der Waals surface area contributed by atoms with Crippen molar-refractivity contribution in [1.82, 2.24) is 20.6 Å². The van der Waals surface area contributed by atoms with Gasteiger partial charge in [0, 0.05) is 5.69 Å². The SMILES string of the molecule is O=C(Nc1cc(Cl)c(O)c(Cl)c1)c1nn[nH]n1. The number of H-pyrrole nitrogens is 1. The molecule has 0 radical (unpaired) electrons. The highest BCUT2D eigenvalue weighted by atomic mass is 35.5. The van der Waals surface area contributed by atoms with E-state index in [9.17, 15) is 9.90 Å². The summed E-state index contributed by atoms with van der Waals surface area (Å²) < 4.78 is 0. The molecule has 3 N–H and O–H groups in total. The highest BCUT2D eigenvalue weighted by molar-refractivity contribution is 6.37. The largest absolute Gasteiger partial charge is 0.505 e. The Morgan fingerprint density at radius 3 is 2.53 bits per heavy atom. The summed E-state index contributed by atoms with van der Waals surface area (Å²) in [6.07, 6.45) is 0. The van der Waals surface area contributed by atoms with Crippen LogP contribution < -0.4 is 5.32 Å². The molecule has 7 nitrogen and oxygen atoms in total. The summed E-state index contributed by atoms with van der Waals surface area (Å²) in [5, 5.41) is 24.2. The Morgan fingerprint density at radius 1 is 1.35 bits per heavy atom. The summed E-state index contributed by atoms with van der Waals surface area (Å²) in [5.74, 6) is -0.937. The first-order chi connectivity index (χ1) is 8.08. The zero-order valence-corrected chi connectivity index (χ0v) is 9.62. The molecule has 2 rings (SSSR count). The van der Waals surface area contributed by atoms with Crippen molar-refractivity contribution in [2.75, 3.05) is 5.32 Å². The van der Waals surface area contributed by atoms with Gasteiger partial charge in [0.15, 0.2) is 5.75 Å². The number of benzene rings is 1. The summed E-state index contributed by atoms with van der Waals surface area (Å²) >= 11 is 11.4. The topological polar surface area (TPSA) is 104 Å². The minimum atomic E-state index is -0.573. The van der Waals surface area contributed by atoms with Gasteiger partial charge in [-0.15, -0.1) is 10.2 Å². The molecule has 2 aromatic rings. The number of hydrogen-bond acceptors (Lipinski definition) is 5. The molecule has 0 aliphatic rings. The highest BCUT2D eigenvalue weighted by Gasteiger charge is 2.13. The maximum absolute atomic E-state index is 11.5. The maximum Gasteiger partial charge on any atom is 0.297 e. The number of anilines is 1. The fourth-order valence-electron chi connectivity index (χ4n) is 1.08. The molecule has 0 fully saturated rings. The van der Waals surface area contributed by atoms with Crippen LogP contribution in [-0.2, 0) is 0 Å². The van der Waals surface area contributed by atoms with Crippen LogP contribution in [0.1, 0.15) is 10.6 Å². The second-order valence-electron chi connectivity index (χ2n) is 2.98. The lowest BCUT2D eigenvalue weighted by molar-refractivity contribution is 0.101. The Kier molecular flexibility index (Phi) is 3.12. The zero-order valence-electron chi connectivity index (χ0n) is 8.11. The second-order valence-corrected chi connectivity index (χ2v) is 3.79. The molecule has 9 heteroatoms. The Labute approximate surface area is 105 Å². The van der Waals surface area contributed by atoms with Gasteiger partial charge in [-0.3, -0.25) is 4.79 Å².